The predicted octanol–water partition coefficient (Wildman–Crippen LogP) is 2.87. The Kier molecular flexibility index (Phi) is 2.16. The molecular formula is C12H8N4S. The van der Waals surface area contributed by atoms with Crippen molar-refractivity contribution >= 4 is 22.4 Å². The van der Waals surface area contributed by atoms with Gasteiger partial charge in [0.25, 0.3) is 0 Å². The largest absolute Gasteiger partial charge is 0.360 e. The number of hydrogen-bond acceptors (Lipinski definition) is 4. The quantitative estimate of drug-likeness (QED) is 0.711. The Balaban J connectivity index is 2.31. The summed E-state index contributed by atoms with van der Waals surface area (Å²) < 4.78 is 3.94. The molecule has 5 heteroatoms. The monoisotopic (exact) mass is 240 g/mol. The molecule has 2 aromatic heterocycles. The number of aromatic nitrogens is 3. The van der Waals surface area contributed by atoms with Crippen LogP contribution in [0.25, 0.3) is 22.2 Å². The highest BCUT2D eigenvalue weighted by atomic mass is 32.1. The molecule has 1 N–H and O–H groups in total. The topological polar surface area (TPSA) is 65.4 Å². The van der Waals surface area contributed by atoms with Crippen LogP contribution in [0.3, 0.4) is 0 Å². The molecule has 0 aliphatic carbocycles. The molecule has 0 fully saturated rings. The molecule has 0 spiro atoms. The second kappa shape index (κ2) is 3.68. The number of nitrogens with one attached hydrogen (secondary N) is 1. The summed E-state index contributed by atoms with van der Waals surface area (Å²) in [4.78, 5) is 4.26. The number of nitrogens with zero attached hydrogens (tertiary/aromatic N) is 3. The molecule has 0 atom stereocenters. The van der Waals surface area contributed by atoms with Crippen molar-refractivity contribution in [3.63, 3.8) is 0 Å². The predicted molar refractivity (Wildman–Crippen MR) is 66.7 cm³/mol. The standard InChI is InChI=1S/C12H8N4S/c1-7-12(15-16-17-7)10-6-14-11-3-2-8(5-13)4-9(10)11/h2-4,6,14H,1H3. The number of benzene rings is 1. The van der Waals surface area contributed by atoms with Gasteiger partial charge in [0.1, 0.15) is 5.69 Å². The number of fused-ring (bicyclic) bond motifs is 1. The maximum absolute atomic E-state index is 8.92. The first-order valence-corrected chi connectivity index (χ1v) is 5.87. The Morgan fingerprint density at radius 2 is 2.29 bits per heavy atom. The molecule has 17 heavy (non-hydrogen) atoms. The van der Waals surface area contributed by atoms with E-state index in [-0.39, 0.29) is 0 Å². The fourth-order valence-corrected chi connectivity index (χ4v) is 2.35. The second-order valence-corrected chi connectivity index (χ2v) is 4.71. The highest BCUT2D eigenvalue weighted by molar-refractivity contribution is 7.05. The van der Waals surface area contributed by atoms with E-state index in [0.717, 1.165) is 27.0 Å². The third-order valence-corrected chi connectivity index (χ3v) is 3.35. The van der Waals surface area contributed by atoms with Gasteiger partial charge in [-0.1, -0.05) is 4.49 Å². The van der Waals surface area contributed by atoms with E-state index in [0.29, 0.717) is 5.56 Å². The van der Waals surface area contributed by atoms with E-state index in [1.807, 2.05) is 25.3 Å². The number of nitriles is 1. The normalized spacial score (nSPS) is 10.6. The summed E-state index contributed by atoms with van der Waals surface area (Å²) in [6, 6.07) is 7.73. The minimum Gasteiger partial charge on any atom is -0.360 e. The molecule has 82 valence electrons. The zero-order chi connectivity index (χ0) is 11.8. The Bertz CT molecular complexity index is 732. The van der Waals surface area contributed by atoms with Gasteiger partial charge in [-0.3, -0.25) is 0 Å². The van der Waals surface area contributed by atoms with Crippen molar-refractivity contribution in [3.8, 4) is 17.3 Å². The van der Waals surface area contributed by atoms with Crippen LogP contribution in [-0.4, -0.2) is 14.6 Å². The average molecular weight is 240 g/mol. The SMILES string of the molecule is Cc1snnc1-c1c[nH]c2ccc(C#N)cc12. The van der Waals surface area contributed by atoms with E-state index in [4.69, 9.17) is 5.26 Å². The van der Waals surface area contributed by atoms with Crippen molar-refractivity contribution in [2.45, 2.75) is 6.92 Å². The summed E-state index contributed by atoms with van der Waals surface area (Å²) in [5.74, 6) is 0. The number of hydrogen-bond donors (Lipinski definition) is 1. The van der Waals surface area contributed by atoms with Gasteiger partial charge in [0.15, 0.2) is 0 Å². The van der Waals surface area contributed by atoms with Gasteiger partial charge < -0.3 is 4.98 Å². The van der Waals surface area contributed by atoms with E-state index in [1.54, 1.807) is 6.07 Å². The first-order chi connectivity index (χ1) is 8.29. The van der Waals surface area contributed by atoms with Crippen LogP contribution in [0.15, 0.2) is 24.4 Å². The van der Waals surface area contributed by atoms with Gasteiger partial charge in [-0.25, -0.2) is 0 Å². The van der Waals surface area contributed by atoms with Crippen LogP contribution < -0.4 is 0 Å². The second-order valence-electron chi connectivity index (χ2n) is 3.75. The molecule has 0 unspecified atom stereocenters. The van der Waals surface area contributed by atoms with Crippen molar-refractivity contribution in [1.82, 2.24) is 14.6 Å². The number of rotatable bonds is 1. The van der Waals surface area contributed by atoms with Crippen molar-refractivity contribution in [3.05, 3.63) is 34.8 Å². The first-order valence-electron chi connectivity index (χ1n) is 5.10. The lowest BCUT2D eigenvalue weighted by atomic mass is 10.1. The molecule has 3 rings (SSSR count). The Morgan fingerprint density at radius 3 is 3.00 bits per heavy atom. The molecule has 0 bridgehead atoms. The van der Waals surface area contributed by atoms with Crippen LogP contribution in [0.4, 0.5) is 0 Å². The molecule has 1 aromatic carbocycles. The summed E-state index contributed by atoms with van der Waals surface area (Å²) in [6.07, 6.45) is 1.91. The maximum Gasteiger partial charge on any atom is 0.110 e. The summed E-state index contributed by atoms with van der Waals surface area (Å²) in [6.45, 7) is 1.99. The molecule has 0 aliphatic rings. The molecule has 4 nitrogen and oxygen atoms in total. The zero-order valence-electron chi connectivity index (χ0n) is 9.06. The molecule has 0 radical (unpaired) electrons. The van der Waals surface area contributed by atoms with E-state index >= 15 is 0 Å². The first kappa shape index (κ1) is 10.00. The maximum atomic E-state index is 8.92. The van der Waals surface area contributed by atoms with Gasteiger partial charge in [-0.15, -0.1) is 5.10 Å². The molecule has 0 aliphatic heterocycles. The van der Waals surface area contributed by atoms with Crippen molar-refractivity contribution in [2.75, 3.05) is 0 Å². The molecule has 0 amide bonds. The van der Waals surface area contributed by atoms with Crippen LogP contribution in [0, 0.1) is 18.3 Å². The molecule has 2 heterocycles. The fraction of sp³-hybridized carbons (Fsp3) is 0.0833. The van der Waals surface area contributed by atoms with Gasteiger partial charge in [-0.2, -0.15) is 5.26 Å². The van der Waals surface area contributed by atoms with Crippen LogP contribution in [-0.2, 0) is 0 Å². The van der Waals surface area contributed by atoms with E-state index < -0.39 is 0 Å². The Hall–Kier alpha value is -2.19. The third-order valence-electron chi connectivity index (χ3n) is 2.72. The van der Waals surface area contributed by atoms with Gasteiger partial charge >= 0.3 is 0 Å². The highest BCUT2D eigenvalue weighted by Gasteiger charge is 2.12. The fourth-order valence-electron chi connectivity index (χ4n) is 1.87. The molecule has 3 aromatic rings. The summed E-state index contributed by atoms with van der Waals surface area (Å²) in [5, 5.41) is 14.1. The van der Waals surface area contributed by atoms with Gasteiger partial charge in [0, 0.05) is 22.7 Å². The minimum absolute atomic E-state index is 0.652. The molecule has 0 saturated carbocycles. The van der Waals surface area contributed by atoms with Crippen LogP contribution in [0.2, 0.25) is 0 Å². The Labute approximate surface area is 102 Å². The van der Waals surface area contributed by atoms with Gasteiger partial charge in [0.2, 0.25) is 0 Å². The molecular weight excluding hydrogens is 232 g/mol. The lowest BCUT2D eigenvalue weighted by Gasteiger charge is -1.96. The van der Waals surface area contributed by atoms with Crippen LogP contribution >= 0.6 is 11.5 Å². The number of H-pyrrole nitrogens is 1. The van der Waals surface area contributed by atoms with E-state index in [1.165, 1.54) is 11.5 Å². The zero-order valence-corrected chi connectivity index (χ0v) is 9.88. The lowest BCUT2D eigenvalue weighted by molar-refractivity contribution is 1.16. The number of aromatic amines is 1. The van der Waals surface area contributed by atoms with Gasteiger partial charge in [-0.05, 0) is 36.7 Å². The summed E-state index contributed by atoms with van der Waals surface area (Å²) in [5.41, 5.74) is 3.55. The number of aryl methyl sites for hydroxylation is 1. The lowest BCUT2D eigenvalue weighted by Crippen LogP contribution is -1.80. The van der Waals surface area contributed by atoms with Crippen molar-refractivity contribution in [2.24, 2.45) is 0 Å². The van der Waals surface area contributed by atoms with E-state index in [2.05, 4.69) is 20.6 Å². The minimum atomic E-state index is 0.652. The van der Waals surface area contributed by atoms with Crippen molar-refractivity contribution < 1.29 is 0 Å². The summed E-state index contributed by atoms with van der Waals surface area (Å²) in [7, 11) is 0. The van der Waals surface area contributed by atoms with Gasteiger partial charge in [0.05, 0.1) is 16.5 Å². The van der Waals surface area contributed by atoms with Crippen LogP contribution in [0.1, 0.15) is 10.4 Å². The highest BCUT2D eigenvalue weighted by Crippen LogP contribution is 2.30. The Morgan fingerprint density at radius 1 is 1.41 bits per heavy atom. The third kappa shape index (κ3) is 1.50. The van der Waals surface area contributed by atoms with Crippen LogP contribution in [0.5, 0.6) is 0 Å². The average Bonchev–Trinajstić information content (AvgIpc) is 2.94. The molecule has 0 saturated heterocycles. The summed E-state index contributed by atoms with van der Waals surface area (Å²) >= 11 is 1.38. The van der Waals surface area contributed by atoms with E-state index in [9.17, 15) is 0 Å². The smallest absolute Gasteiger partial charge is 0.110 e. The van der Waals surface area contributed by atoms with Crippen molar-refractivity contribution in [1.29, 1.82) is 5.26 Å².